The second kappa shape index (κ2) is 6.44. The number of anilines is 1. The van der Waals surface area contributed by atoms with Gasteiger partial charge in [-0.1, -0.05) is 6.07 Å². The zero-order valence-electron chi connectivity index (χ0n) is 10.8. The van der Waals surface area contributed by atoms with Gasteiger partial charge in [-0.3, -0.25) is 10.9 Å². The van der Waals surface area contributed by atoms with Crippen LogP contribution in [0, 0.1) is 0 Å². The molecular weight excluding hydrogens is 321 g/mol. The van der Waals surface area contributed by atoms with Crippen LogP contribution in [0.1, 0.15) is 18.4 Å². The van der Waals surface area contributed by atoms with Crippen molar-refractivity contribution in [1.29, 1.82) is 0 Å². The van der Waals surface area contributed by atoms with E-state index in [1.54, 1.807) is 0 Å². The molecule has 21 heavy (non-hydrogen) atoms. The van der Waals surface area contributed by atoms with Crippen molar-refractivity contribution in [3.63, 3.8) is 0 Å². The van der Waals surface area contributed by atoms with Crippen molar-refractivity contribution in [2.75, 3.05) is 5.32 Å². The number of nitrogens with one attached hydrogen (secondary N) is 4. The number of hydrogen-bond acceptors (Lipinski definition) is 2. The molecule has 0 radical (unpaired) electrons. The quantitative estimate of drug-likeness (QED) is 0.493. The van der Waals surface area contributed by atoms with Gasteiger partial charge in [0.1, 0.15) is 0 Å². The molecule has 0 aromatic heterocycles. The molecule has 0 saturated heterocycles. The molecule has 1 aliphatic rings. The van der Waals surface area contributed by atoms with Gasteiger partial charge in [0.05, 0.1) is 5.56 Å². The molecule has 9 heteroatoms. The van der Waals surface area contributed by atoms with Gasteiger partial charge in [0.15, 0.2) is 10.2 Å². The molecule has 0 spiro atoms. The Balaban J connectivity index is 1.83. The summed E-state index contributed by atoms with van der Waals surface area (Å²) in [6, 6.07) is 5.17. The molecule has 114 valence electrons. The maximum absolute atomic E-state index is 12.6. The third kappa shape index (κ3) is 5.35. The van der Waals surface area contributed by atoms with E-state index in [-0.39, 0.29) is 10.8 Å². The molecule has 4 N–H and O–H groups in total. The molecule has 0 atom stereocenters. The van der Waals surface area contributed by atoms with Crippen LogP contribution in [0.5, 0.6) is 0 Å². The van der Waals surface area contributed by atoms with Crippen LogP contribution < -0.4 is 21.5 Å². The van der Waals surface area contributed by atoms with E-state index in [0.717, 1.165) is 25.0 Å². The number of rotatable bonds is 2. The normalized spacial score (nSPS) is 14.2. The van der Waals surface area contributed by atoms with Crippen LogP contribution in [0.3, 0.4) is 0 Å². The summed E-state index contributed by atoms with van der Waals surface area (Å²) in [5, 5.41) is 6.19. The van der Waals surface area contributed by atoms with Gasteiger partial charge in [-0.15, -0.1) is 0 Å². The number of hydrogen-bond donors (Lipinski definition) is 4. The van der Waals surface area contributed by atoms with Gasteiger partial charge in [0, 0.05) is 11.7 Å². The molecule has 1 fully saturated rings. The summed E-state index contributed by atoms with van der Waals surface area (Å²) < 4.78 is 37.7. The Hall–Kier alpha value is -1.61. The summed E-state index contributed by atoms with van der Waals surface area (Å²) in [6.45, 7) is 0. The summed E-state index contributed by atoms with van der Waals surface area (Å²) in [6.07, 6.45) is -2.23. The maximum Gasteiger partial charge on any atom is 0.416 e. The Kier molecular flexibility index (Phi) is 4.84. The first-order valence-corrected chi connectivity index (χ1v) is 6.97. The van der Waals surface area contributed by atoms with Crippen molar-refractivity contribution in [3.8, 4) is 0 Å². The number of alkyl halides is 3. The van der Waals surface area contributed by atoms with Gasteiger partial charge < -0.3 is 10.6 Å². The van der Waals surface area contributed by atoms with Crippen molar-refractivity contribution < 1.29 is 13.2 Å². The Bertz CT molecular complexity index is 544. The standard InChI is InChI=1S/C12H13F3N4S2/c13-12(14,15)7-2-1-3-9(6-7)17-11(21)19-18-10(20)16-8-4-5-8/h1-3,6,8H,4-5H2,(H2,16,18,20)(H2,17,19,21). The van der Waals surface area contributed by atoms with Crippen LogP contribution in [-0.4, -0.2) is 16.3 Å². The second-order valence-corrected chi connectivity index (χ2v) is 5.35. The van der Waals surface area contributed by atoms with Gasteiger partial charge in [-0.25, -0.2) is 0 Å². The number of thiocarbonyl (C=S) groups is 2. The molecule has 1 aromatic carbocycles. The predicted octanol–water partition coefficient (Wildman–Crippen LogP) is 2.53. The molecule has 1 saturated carbocycles. The average molecular weight is 334 g/mol. The van der Waals surface area contributed by atoms with E-state index >= 15 is 0 Å². The van der Waals surface area contributed by atoms with Crippen molar-refractivity contribution >= 4 is 40.3 Å². The highest BCUT2D eigenvalue weighted by atomic mass is 32.1. The third-order valence-corrected chi connectivity index (χ3v) is 3.07. The molecule has 0 amide bonds. The molecule has 0 bridgehead atoms. The first kappa shape index (κ1) is 15.8. The number of benzene rings is 1. The molecule has 4 nitrogen and oxygen atoms in total. The lowest BCUT2D eigenvalue weighted by atomic mass is 10.2. The summed E-state index contributed by atoms with van der Waals surface area (Å²) in [5.41, 5.74) is 4.77. The fourth-order valence-electron chi connectivity index (χ4n) is 1.50. The first-order chi connectivity index (χ1) is 9.84. The maximum atomic E-state index is 12.6. The number of halogens is 3. The molecular formula is C12H13F3N4S2. The molecule has 0 aliphatic heterocycles. The van der Waals surface area contributed by atoms with Crippen LogP contribution in [0.15, 0.2) is 24.3 Å². The van der Waals surface area contributed by atoms with Gasteiger partial charge in [-0.2, -0.15) is 13.2 Å². The largest absolute Gasteiger partial charge is 0.416 e. The minimum absolute atomic E-state index is 0.120. The van der Waals surface area contributed by atoms with Crippen molar-refractivity contribution in [3.05, 3.63) is 29.8 Å². The first-order valence-electron chi connectivity index (χ1n) is 6.15. The zero-order chi connectivity index (χ0) is 15.5. The predicted molar refractivity (Wildman–Crippen MR) is 82.7 cm³/mol. The lowest BCUT2D eigenvalue weighted by molar-refractivity contribution is -0.137. The molecule has 0 unspecified atom stereocenters. The highest BCUT2D eigenvalue weighted by molar-refractivity contribution is 7.80. The van der Waals surface area contributed by atoms with Crippen LogP contribution in [-0.2, 0) is 6.18 Å². The van der Waals surface area contributed by atoms with Crippen molar-refractivity contribution in [1.82, 2.24) is 16.2 Å². The van der Waals surface area contributed by atoms with E-state index < -0.39 is 11.7 Å². The Morgan fingerprint density at radius 1 is 1.10 bits per heavy atom. The van der Waals surface area contributed by atoms with Crippen LogP contribution in [0.2, 0.25) is 0 Å². The van der Waals surface area contributed by atoms with Gasteiger partial charge >= 0.3 is 6.18 Å². The van der Waals surface area contributed by atoms with Crippen molar-refractivity contribution in [2.45, 2.75) is 25.1 Å². The summed E-state index contributed by atoms with van der Waals surface area (Å²) in [4.78, 5) is 0. The topological polar surface area (TPSA) is 48.1 Å². The molecule has 1 aromatic rings. The van der Waals surface area contributed by atoms with Crippen molar-refractivity contribution in [2.24, 2.45) is 0 Å². The van der Waals surface area contributed by atoms with E-state index in [1.165, 1.54) is 12.1 Å². The van der Waals surface area contributed by atoms with Gasteiger partial charge in [0.25, 0.3) is 0 Å². The molecule has 2 rings (SSSR count). The van der Waals surface area contributed by atoms with E-state index in [9.17, 15) is 13.2 Å². The van der Waals surface area contributed by atoms with Crippen LogP contribution in [0.25, 0.3) is 0 Å². The van der Waals surface area contributed by atoms with E-state index in [0.29, 0.717) is 11.2 Å². The fraction of sp³-hybridized carbons (Fsp3) is 0.333. The minimum Gasteiger partial charge on any atom is -0.359 e. The highest BCUT2D eigenvalue weighted by Crippen LogP contribution is 2.30. The Morgan fingerprint density at radius 3 is 2.38 bits per heavy atom. The average Bonchev–Trinajstić information content (AvgIpc) is 3.20. The van der Waals surface area contributed by atoms with Crippen LogP contribution in [0.4, 0.5) is 18.9 Å². The zero-order valence-corrected chi connectivity index (χ0v) is 12.4. The van der Waals surface area contributed by atoms with E-state index in [4.69, 9.17) is 24.4 Å². The van der Waals surface area contributed by atoms with Gasteiger partial charge in [-0.05, 0) is 55.5 Å². The SMILES string of the molecule is FC(F)(F)c1cccc(NC(=S)NNC(=S)NC2CC2)c1. The minimum atomic E-state index is -4.39. The van der Waals surface area contributed by atoms with Crippen LogP contribution >= 0.6 is 24.4 Å². The Morgan fingerprint density at radius 2 is 1.76 bits per heavy atom. The Labute approximate surface area is 130 Å². The summed E-state index contributed by atoms with van der Waals surface area (Å²) in [5.74, 6) is 0. The second-order valence-electron chi connectivity index (χ2n) is 4.53. The lowest BCUT2D eigenvalue weighted by Gasteiger charge is -2.14. The lowest BCUT2D eigenvalue weighted by Crippen LogP contribution is -2.48. The summed E-state index contributed by atoms with van der Waals surface area (Å²) >= 11 is 9.97. The molecule has 0 heterocycles. The van der Waals surface area contributed by atoms with Gasteiger partial charge in [0.2, 0.25) is 0 Å². The fourth-order valence-corrected chi connectivity index (χ4v) is 1.88. The highest BCUT2D eigenvalue weighted by Gasteiger charge is 2.30. The number of hydrazine groups is 1. The van der Waals surface area contributed by atoms with E-state index in [2.05, 4.69) is 21.5 Å². The summed E-state index contributed by atoms with van der Waals surface area (Å²) in [7, 11) is 0. The smallest absolute Gasteiger partial charge is 0.359 e. The third-order valence-electron chi connectivity index (χ3n) is 2.65. The monoisotopic (exact) mass is 334 g/mol. The van der Waals surface area contributed by atoms with E-state index in [1.807, 2.05) is 0 Å². The molecule has 1 aliphatic carbocycles.